The van der Waals surface area contributed by atoms with Gasteiger partial charge in [0, 0.05) is 29.7 Å². The summed E-state index contributed by atoms with van der Waals surface area (Å²) >= 11 is 0. The molecule has 1 aliphatic heterocycles. The molecule has 4 nitrogen and oxygen atoms in total. The van der Waals surface area contributed by atoms with Crippen LogP contribution in [-0.2, 0) is 13.0 Å². The van der Waals surface area contributed by atoms with Crippen molar-refractivity contribution in [3.05, 3.63) is 58.1 Å². The maximum Gasteiger partial charge on any atom is 0.251 e. The van der Waals surface area contributed by atoms with Gasteiger partial charge in [-0.15, -0.1) is 0 Å². The molecule has 1 atom stereocenters. The van der Waals surface area contributed by atoms with Crippen molar-refractivity contribution in [2.75, 3.05) is 6.61 Å². The van der Waals surface area contributed by atoms with E-state index in [1.807, 2.05) is 51.1 Å². The molecule has 132 valence electrons. The largest absolute Gasteiger partial charge is 0.494 e. The van der Waals surface area contributed by atoms with Crippen molar-refractivity contribution in [2.24, 2.45) is 0 Å². The number of ether oxygens (including phenoxy) is 2. The van der Waals surface area contributed by atoms with E-state index < -0.39 is 0 Å². The van der Waals surface area contributed by atoms with Gasteiger partial charge < -0.3 is 14.8 Å². The second-order valence-electron chi connectivity index (χ2n) is 6.63. The maximum absolute atomic E-state index is 12.6. The predicted octanol–water partition coefficient (Wildman–Crippen LogP) is 3.96. The molecule has 0 fully saturated rings. The number of benzene rings is 2. The van der Waals surface area contributed by atoms with Gasteiger partial charge in [0.1, 0.15) is 17.6 Å². The molecule has 0 bridgehead atoms. The van der Waals surface area contributed by atoms with Gasteiger partial charge in [-0.05, 0) is 51.5 Å². The summed E-state index contributed by atoms with van der Waals surface area (Å²) < 4.78 is 11.6. The highest BCUT2D eigenvalue weighted by atomic mass is 16.5. The van der Waals surface area contributed by atoms with Gasteiger partial charge in [0.2, 0.25) is 0 Å². The number of carbonyl (C=O) groups excluding carboxylic acids is 1. The van der Waals surface area contributed by atoms with Gasteiger partial charge in [-0.1, -0.05) is 17.7 Å². The van der Waals surface area contributed by atoms with Crippen LogP contribution >= 0.6 is 0 Å². The summed E-state index contributed by atoms with van der Waals surface area (Å²) in [5.74, 6) is 1.64. The Labute approximate surface area is 149 Å². The molecular weight excluding hydrogens is 314 g/mol. The zero-order chi connectivity index (χ0) is 18.0. The average Bonchev–Trinajstić information content (AvgIpc) is 2.93. The first-order valence-corrected chi connectivity index (χ1v) is 8.78. The lowest BCUT2D eigenvalue weighted by Gasteiger charge is -2.14. The van der Waals surface area contributed by atoms with Crippen molar-refractivity contribution < 1.29 is 14.3 Å². The zero-order valence-corrected chi connectivity index (χ0v) is 15.3. The molecule has 0 saturated heterocycles. The molecule has 1 N–H and O–H groups in total. The Hall–Kier alpha value is -2.49. The third-order valence-corrected chi connectivity index (χ3v) is 4.46. The Kier molecular flexibility index (Phi) is 4.98. The highest BCUT2D eigenvalue weighted by Gasteiger charge is 2.22. The third kappa shape index (κ3) is 3.78. The number of nitrogens with one attached hydrogen (secondary N) is 1. The normalized spacial score (nSPS) is 15.4. The van der Waals surface area contributed by atoms with E-state index in [9.17, 15) is 4.79 Å². The van der Waals surface area contributed by atoms with Crippen molar-refractivity contribution in [1.29, 1.82) is 0 Å². The van der Waals surface area contributed by atoms with Crippen LogP contribution in [-0.4, -0.2) is 18.6 Å². The molecule has 4 heteroatoms. The van der Waals surface area contributed by atoms with Crippen LogP contribution in [0.3, 0.4) is 0 Å². The predicted molar refractivity (Wildman–Crippen MR) is 98.5 cm³/mol. The molecule has 0 saturated carbocycles. The minimum atomic E-state index is -0.0709. The molecule has 1 heterocycles. The zero-order valence-electron chi connectivity index (χ0n) is 15.3. The first kappa shape index (κ1) is 17.3. The second kappa shape index (κ2) is 7.18. The van der Waals surface area contributed by atoms with Crippen LogP contribution in [0.15, 0.2) is 30.3 Å². The molecule has 1 unspecified atom stereocenters. The van der Waals surface area contributed by atoms with Gasteiger partial charge >= 0.3 is 0 Å². The van der Waals surface area contributed by atoms with E-state index >= 15 is 0 Å². The van der Waals surface area contributed by atoms with Crippen LogP contribution < -0.4 is 14.8 Å². The fraction of sp³-hybridized carbons (Fsp3) is 0.381. The summed E-state index contributed by atoms with van der Waals surface area (Å²) in [4.78, 5) is 12.6. The molecule has 1 aliphatic rings. The van der Waals surface area contributed by atoms with Gasteiger partial charge in [0.15, 0.2) is 0 Å². The first-order valence-electron chi connectivity index (χ1n) is 8.78. The van der Waals surface area contributed by atoms with Gasteiger partial charge in [-0.3, -0.25) is 4.79 Å². The van der Waals surface area contributed by atoms with Crippen molar-refractivity contribution in [3.63, 3.8) is 0 Å². The van der Waals surface area contributed by atoms with E-state index in [-0.39, 0.29) is 12.0 Å². The number of hydrogen-bond acceptors (Lipinski definition) is 3. The highest BCUT2D eigenvalue weighted by molar-refractivity contribution is 5.95. The fourth-order valence-corrected chi connectivity index (χ4v) is 3.16. The minimum Gasteiger partial charge on any atom is -0.494 e. The van der Waals surface area contributed by atoms with Crippen molar-refractivity contribution in [2.45, 2.75) is 46.8 Å². The number of fused-ring (bicyclic) bond motifs is 1. The van der Waals surface area contributed by atoms with Crippen molar-refractivity contribution in [1.82, 2.24) is 5.32 Å². The molecule has 0 radical (unpaired) electrons. The van der Waals surface area contributed by atoms with Crippen LogP contribution in [0.2, 0.25) is 0 Å². The van der Waals surface area contributed by atoms with Crippen LogP contribution in [0.4, 0.5) is 0 Å². The summed E-state index contributed by atoms with van der Waals surface area (Å²) in [5, 5.41) is 3.01. The van der Waals surface area contributed by atoms with Crippen LogP contribution in [0.5, 0.6) is 11.5 Å². The molecule has 2 aromatic rings. The molecule has 0 aliphatic carbocycles. The molecule has 25 heavy (non-hydrogen) atoms. The molecular formula is C21H25NO3. The van der Waals surface area contributed by atoms with Gasteiger partial charge in [-0.25, -0.2) is 0 Å². The molecule has 3 rings (SSSR count). The van der Waals surface area contributed by atoms with E-state index in [0.717, 1.165) is 34.6 Å². The smallest absolute Gasteiger partial charge is 0.251 e. The second-order valence-corrected chi connectivity index (χ2v) is 6.63. The summed E-state index contributed by atoms with van der Waals surface area (Å²) in [5.41, 5.74) is 4.86. The summed E-state index contributed by atoms with van der Waals surface area (Å²) in [6.45, 7) is 8.96. The molecule has 2 aromatic carbocycles. The summed E-state index contributed by atoms with van der Waals surface area (Å²) in [6, 6.07) is 9.94. The Morgan fingerprint density at radius 3 is 2.84 bits per heavy atom. The average molecular weight is 339 g/mol. The van der Waals surface area contributed by atoms with Crippen molar-refractivity contribution in [3.8, 4) is 11.5 Å². The lowest BCUT2D eigenvalue weighted by atomic mass is 10.0. The number of hydrogen-bond donors (Lipinski definition) is 1. The molecule has 0 spiro atoms. The van der Waals surface area contributed by atoms with Gasteiger partial charge in [-0.2, -0.15) is 0 Å². The Morgan fingerprint density at radius 2 is 2.08 bits per heavy atom. The topological polar surface area (TPSA) is 47.6 Å². The number of rotatable bonds is 5. The summed E-state index contributed by atoms with van der Waals surface area (Å²) in [7, 11) is 0. The van der Waals surface area contributed by atoms with E-state index in [0.29, 0.717) is 18.7 Å². The molecule has 0 aromatic heterocycles. The Balaban J connectivity index is 1.79. The standard InChI is InChI=1S/C21H25NO3/c1-5-24-19-10-16-9-15(4)25-20(16)11-17(19)12-22-21(23)18-8-13(2)6-7-14(18)3/h6-8,10-11,15H,5,9,12H2,1-4H3,(H,22,23). The number of aryl methyl sites for hydroxylation is 2. The monoisotopic (exact) mass is 339 g/mol. The van der Waals surface area contributed by atoms with Crippen LogP contribution in [0, 0.1) is 13.8 Å². The van der Waals surface area contributed by atoms with E-state index in [2.05, 4.69) is 12.2 Å². The number of amides is 1. The van der Waals surface area contributed by atoms with E-state index in [1.165, 1.54) is 5.56 Å². The minimum absolute atomic E-state index is 0.0709. The van der Waals surface area contributed by atoms with Crippen LogP contribution in [0.25, 0.3) is 0 Å². The van der Waals surface area contributed by atoms with E-state index in [4.69, 9.17) is 9.47 Å². The first-order chi connectivity index (χ1) is 12.0. The Bertz CT molecular complexity index is 798. The fourth-order valence-electron chi connectivity index (χ4n) is 3.16. The number of carbonyl (C=O) groups is 1. The lowest BCUT2D eigenvalue weighted by Crippen LogP contribution is -2.24. The summed E-state index contributed by atoms with van der Waals surface area (Å²) in [6.07, 6.45) is 1.08. The highest BCUT2D eigenvalue weighted by Crippen LogP contribution is 2.35. The van der Waals surface area contributed by atoms with Gasteiger partial charge in [0.05, 0.1) is 6.61 Å². The van der Waals surface area contributed by atoms with Crippen molar-refractivity contribution >= 4 is 5.91 Å². The lowest BCUT2D eigenvalue weighted by molar-refractivity contribution is 0.0950. The maximum atomic E-state index is 12.6. The Morgan fingerprint density at radius 1 is 1.28 bits per heavy atom. The quantitative estimate of drug-likeness (QED) is 0.897. The van der Waals surface area contributed by atoms with Gasteiger partial charge in [0.25, 0.3) is 5.91 Å². The van der Waals surface area contributed by atoms with Crippen LogP contribution in [0.1, 0.15) is 46.5 Å². The van der Waals surface area contributed by atoms with E-state index in [1.54, 1.807) is 0 Å². The SMILES string of the molecule is CCOc1cc2c(cc1CNC(=O)c1cc(C)ccc1C)OC(C)C2. The molecule has 1 amide bonds. The third-order valence-electron chi connectivity index (χ3n) is 4.46.